The highest BCUT2D eigenvalue weighted by Gasteiger charge is 2.61. The molecule has 5 saturated heterocycles. The Morgan fingerprint density at radius 1 is 0.462 bits per heavy atom. The smallest absolute Gasteiger partial charge is 0.337 e. The average Bonchev–Trinajstić information content (AvgIpc) is 0.758. The number of nitrogens with zero attached hydrogens (tertiary/aromatic N) is 6. The fraction of sp³-hybridized carbons (Fsp3) is 0.440. The van der Waals surface area contributed by atoms with Crippen LogP contribution in [0.1, 0.15) is 53.5 Å². The molecule has 5 aliphatic rings. The van der Waals surface area contributed by atoms with E-state index in [0.717, 1.165) is 32.3 Å². The molecule has 0 aliphatic carbocycles. The highest BCUT2D eigenvalue weighted by atomic mass is 16.8. The standard InChI is InChI=1S/C75H82N6O23/c1-6-37-89-74-67(95-45(2)82)61(92-41-50-31-19-10-20-32-50)63(65(103-74)69(84)86-4)101-72-55(78-80-76)59(90-39-48-27-15-8-16-28-48)57(53(97-72)43-88-38-47-25-13-7-14-26-47)100-75-68(96-46(3)83)62(93-42-51-33-21-11-22-34-51)64(66(104-75)70(85)87-5)102-73-56(79-81-77)60(91-40-49-29-17-9-18-30-49)58-54(98-73)44-94-71(99-58)52-35-23-12-24-36-52/h6-36,53-68,71-75H,1,37-44H2,2-5H3/t53-,54-,55-,56-,57-,58-,59-,60-,61+,62+,63+,64+,65-,66-,67-,68-,71-,72-,73-,74-,75-/m1/s1. The van der Waals surface area contributed by atoms with Crippen LogP contribution in [-0.4, -0.2) is 181 Å². The van der Waals surface area contributed by atoms with Crippen LogP contribution in [0.5, 0.6) is 0 Å². The Hall–Kier alpha value is -9.04. The van der Waals surface area contributed by atoms with Gasteiger partial charge in [0.1, 0.15) is 73.1 Å². The number of fused-ring (bicyclic) bond motifs is 1. The van der Waals surface area contributed by atoms with E-state index in [0.29, 0.717) is 22.3 Å². The molecule has 0 saturated carbocycles. The van der Waals surface area contributed by atoms with Crippen molar-refractivity contribution in [1.82, 2.24) is 0 Å². The summed E-state index contributed by atoms with van der Waals surface area (Å²) in [6.45, 7) is 4.87. The van der Waals surface area contributed by atoms with Gasteiger partial charge in [-0.05, 0) is 38.9 Å². The minimum Gasteiger partial charge on any atom is -0.467 e. The van der Waals surface area contributed by atoms with Gasteiger partial charge in [0, 0.05) is 29.2 Å². The summed E-state index contributed by atoms with van der Waals surface area (Å²) in [6.07, 6.45) is -27.3. The van der Waals surface area contributed by atoms with Gasteiger partial charge in [0.2, 0.25) is 0 Å². The molecule has 29 heteroatoms. The largest absolute Gasteiger partial charge is 0.467 e. The summed E-state index contributed by atoms with van der Waals surface area (Å²) in [5.41, 5.74) is 25.3. The van der Waals surface area contributed by atoms with Gasteiger partial charge in [0.15, 0.2) is 55.9 Å². The van der Waals surface area contributed by atoms with Crippen LogP contribution in [0, 0.1) is 0 Å². The van der Waals surface area contributed by atoms with E-state index < -0.39 is 159 Å². The van der Waals surface area contributed by atoms with E-state index in [-0.39, 0.29) is 46.2 Å². The summed E-state index contributed by atoms with van der Waals surface area (Å²) < 4.78 is 124. The van der Waals surface area contributed by atoms with E-state index in [1.165, 1.54) is 13.0 Å². The van der Waals surface area contributed by atoms with Crippen molar-refractivity contribution in [2.45, 2.75) is 176 Å². The van der Waals surface area contributed by atoms with Crippen LogP contribution in [0.3, 0.4) is 0 Å². The first-order valence-electron chi connectivity index (χ1n) is 33.8. The lowest BCUT2D eigenvalue weighted by atomic mass is 9.93. The van der Waals surface area contributed by atoms with Crippen LogP contribution in [0.25, 0.3) is 20.9 Å². The molecule has 0 radical (unpaired) electrons. The molecule has 5 heterocycles. The van der Waals surface area contributed by atoms with Gasteiger partial charge >= 0.3 is 23.9 Å². The summed E-state index contributed by atoms with van der Waals surface area (Å²) in [7, 11) is 2.24. The van der Waals surface area contributed by atoms with Gasteiger partial charge < -0.3 is 90.0 Å². The molecule has 6 aromatic rings. The molecule has 0 amide bonds. The Kier molecular flexibility index (Phi) is 27.9. The molecule has 21 atom stereocenters. The van der Waals surface area contributed by atoms with Gasteiger partial charge in [-0.1, -0.05) is 198 Å². The van der Waals surface area contributed by atoms with Crippen LogP contribution in [0.2, 0.25) is 0 Å². The normalized spacial score (nSPS) is 30.2. The Bertz CT molecular complexity index is 3800. The summed E-state index contributed by atoms with van der Waals surface area (Å²) in [6, 6.07) is 51.4. The highest BCUT2D eigenvalue weighted by Crippen LogP contribution is 2.43. The maximum absolute atomic E-state index is 14.9. The quantitative estimate of drug-likeness (QED) is 0.00947. The fourth-order valence-electron chi connectivity index (χ4n) is 12.9. The number of ether oxygens (including phenoxy) is 19. The number of carbonyl (C=O) groups is 4. The Morgan fingerprint density at radius 2 is 0.865 bits per heavy atom. The van der Waals surface area contributed by atoms with Crippen molar-refractivity contribution in [1.29, 1.82) is 0 Å². The summed E-state index contributed by atoms with van der Waals surface area (Å²) in [5.74, 6) is -3.71. The van der Waals surface area contributed by atoms with Gasteiger partial charge in [-0.3, -0.25) is 9.59 Å². The van der Waals surface area contributed by atoms with Crippen LogP contribution in [-0.2, 0) is 142 Å². The van der Waals surface area contributed by atoms with Crippen molar-refractivity contribution < 1.29 is 109 Å². The molecule has 104 heavy (non-hydrogen) atoms. The minimum atomic E-state index is -1.93. The third-order valence-electron chi connectivity index (χ3n) is 17.6. The Morgan fingerprint density at radius 3 is 1.32 bits per heavy atom. The van der Waals surface area contributed by atoms with Crippen molar-refractivity contribution in [3.05, 3.63) is 249 Å². The maximum Gasteiger partial charge on any atom is 0.337 e. The molecule has 0 unspecified atom stereocenters. The first kappa shape index (κ1) is 76.1. The lowest BCUT2D eigenvalue weighted by molar-refractivity contribution is -0.385. The zero-order chi connectivity index (χ0) is 72.7. The molecule has 0 spiro atoms. The molecule has 6 aromatic carbocycles. The second kappa shape index (κ2) is 38.1. The number of esters is 4. The van der Waals surface area contributed by atoms with E-state index in [9.17, 15) is 30.2 Å². The van der Waals surface area contributed by atoms with E-state index in [4.69, 9.17) is 90.0 Å². The predicted octanol–water partition coefficient (Wildman–Crippen LogP) is 9.48. The van der Waals surface area contributed by atoms with Crippen molar-refractivity contribution >= 4 is 23.9 Å². The monoisotopic (exact) mass is 1430 g/mol. The zero-order valence-corrected chi connectivity index (χ0v) is 57.5. The number of hydrogen-bond acceptors (Lipinski definition) is 25. The Labute approximate surface area is 599 Å². The lowest BCUT2D eigenvalue weighted by Gasteiger charge is -2.51. The summed E-state index contributed by atoms with van der Waals surface area (Å²) in [5, 5.41) is 8.54. The highest BCUT2D eigenvalue weighted by molar-refractivity contribution is 5.76. The molecule has 11 rings (SSSR count). The van der Waals surface area contributed by atoms with Crippen LogP contribution >= 0.6 is 0 Å². The minimum absolute atomic E-state index is 0.00888. The first-order valence-corrected chi connectivity index (χ1v) is 33.8. The number of rotatable bonds is 32. The van der Waals surface area contributed by atoms with E-state index in [1.807, 2.05) is 97.1 Å². The van der Waals surface area contributed by atoms with E-state index in [2.05, 4.69) is 26.6 Å². The number of azide groups is 2. The molecular formula is C75H82N6O23. The average molecular weight is 1440 g/mol. The molecular weight excluding hydrogens is 1350 g/mol. The molecule has 5 fully saturated rings. The fourth-order valence-corrected chi connectivity index (χ4v) is 12.9. The zero-order valence-electron chi connectivity index (χ0n) is 57.5. The van der Waals surface area contributed by atoms with Crippen LogP contribution in [0.4, 0.5) is 0 Å². The van der Waals surface area contributed by atoms with Crippen molar-refractivity contribution in [3.63, 3.8) is 0 Å². The van der Waals surface area contributed by atoms with Crippen molar-refractivity contribution in [3.8, 4) is 0 Å². The SMILES string of the molecule is C=CCO[C@@H]1O[C@@H](C(=O)OC)[C@@H](O[C@H]2O[C@H](COCc3ccccc3)[C@@H](O[C@@H]3O[C@@H](C(=O)OC)[C@@H](O[C@H]4O[C@@H]5CO[C@@H](c6ccccc6)O[C@H]5[C@H](OCc5ccccc5)[C@H]4N=[N+]=[N-])[C@H](OCc4ccccc4)[C@H]3OC(C)=O)[C@H](OCc3ccccc3)[C@H]2N=[N+]=[N-])[C@H](OCc2ccccc2)[C@H]1OC(C)=O. The number of hydrogen-bond donors (Lipinski definition) is 0. The molecule has 29 nitrogen and oxygen atoms in total. The molecule has 550 valence electrons. The van der Waals surface area contributed by atoms with Gasteiger partial charge in [-0.15, -0.1) is 6.58 Å². The molecule has 5 aliphatic heterocycles. The Balaban J connectivity index is 1.00. The second-order valence-corrected chi connectivity index (χ2v) is 24.7. The summed E-state index contributed by atoms with van der Waals surface area (Å²) in [4.78, 5) is 62.8. The van der Waals surface area contributed by atoms with Crippen molar-refractivity contribution in [2.75, 3.05) is 34.0 Å². The van der Waals surface area contributed by atoms with Gasteiger partial charge in [0.25, 0.3) is 0 Å². The van der Waals surface area contributed by atoms with Crippen molar-refractivity contribution in [2.24, 2.45) is 10.2 Å². The van der Waals surface area contributed by atoms with E-state index >= 15 is 0 Å². The third kappa shape index (κ3) is 19.7. The maximum atomic E-state index is 14.9. The molecule has 0 bridgehead atoms. The first-order chi connectivity index (χ1) is 50.8. The predicted molar refractivity (Wildman–Crippen MR) is 363 cm³/mol. The third-order valence-corrected chi connectivity index (χ3v) is 17.6. The van der Waals surface area contributed by atoms with Gasteiger partial charge in [0.05, 0.1) is 67.1 Å². The number of carbonyl (C=O) groups excluding carboxylic acids is 4. The van der Waals surface area contributed by atoms with Gasteiger partial charge in [-0.25, -0.2) is 9.59 Å². The van der Waals surface area contributed by atoms with Gasteiger partial charge in [-0.2, -0.15) is 0 Å². The molecule has 0 aromatic heterocycles. The number of methoxy groups -OCH3 is 2. The topological polar surface area (TPSA) is 341 Å². The van der Waals surface area contributed by atoms with E-state index in [1.54, 1.807) is 84.9 Å². The van der Waals surface area contributed by atoms with Crippen LogP contribution < -0.4 is 0 Å². The molecule has 0 N–H and O–H groups in total. The van der Waals surface area contributed by atoms with Crippen LogP contribution in [0.15, 0.2) is 205 Å². The second-order valence-electron chi connectivity index (χ2n) is 24.7. The number of benzene rings is 6. The summed E-state index contributed by atoms with van der Waals surface area (Å²) >= 11 is 0. The lowest BCUT2D eigenvalue weighted by Crippen LogP contribution is -2.69.